The summed E-state index contributed by atoms with van der Waals surface area (Å²) in [6, 6.07) is 7.98. The smallest absolute Gasteiger partial charge is 0.332 e. The zero-order valence-corrected chi connectivity index (χ0v) is 12.5. The van der Waals surface area contributed by atoms with Gasteiger partial charge in [0, 0.05) is 12.2 Å². The summed E-state index contributed by atoms with van der Waals surface area (Å²) in [5.74, 6) is -1.08. The van der Waals surface area contributed by atoms with E-state index in [1.807, 2.05) is 18.2 Å². The molecule has 0 unspecified atom stereocenters. The Hall–Kier alpha value is -1.88. The quantitative estimate of drug-likeness (QED) is 0.911. The van der Waals surface area contributed by atoms with Gasteiger partial charge in [0.25, 0.3) is 5.91 Å². The van der Waals surface area contributed by atoms with E-state index < -0.39 is 18.2 Å². The van der Waals surface area contributed by atoms with Gasteiger partial charge in [-0.25, -0.2) is 4.79 Å². The van der Waals surface area contributed by atoms with Crippen LogP contribution in [0, 0.1) is 0 Å². The number of anilines is 1. The van der Waals surface area contributed by atoms with E-state index in [9.17, 15) is 9.59 Å². The number of hydrogen-bond donors (Lipinski definition) is 1. The maximum atomic E-state index is 12.8. The summed E-state index contributed by atoms with van der Waals surface area (Å²) in [6.07, 6.45) is 3.59. The molecular weight excluding hydrogens is 282 g/mol. The fraction of sp³-hybridized carbons (Fsp3) is 0.529. The summed E-state index contributed by atoms with van der Waals surface area (Å²) in [5, 5.41) is 9.01. The van der Waals surface area contributed by atoms with Gasteiger partial charge in [0.2, 0.25) is 0 Å². The van der Waals surface area contributed by atoms with Crippen LogP contribution in [0.4, 0.5) is 5.69 Å². The van der Waals surface area contributed by atoms with Crippen molar-refractivity contribution >= 4 is 17.6 Å². The van der Waals surface area contributed by atoms with Crippen molar-refractivity contribution in [2.24, 2.45) is 0 Å². The van der Waals surface area contributed by atoms with E-state index in [1.165, 1.54) is 5.56 Å². The predicted octanol–water partition coefficient (Wildman–Crippen LogP) is 2.38. The molecule has 5 nitrogen and oxygen atoms in total. The van der Waals surface area contributed by atoms with E-state index in [4.69, 9.17) is 9.84 Å². The molecule has 2 aliphatic heterocycles. The summed E-state index contributed by atoms with van der Waals surface area (Å²) >= 11 is 0. The van der Waals surface area contributed by atoms with Crippen LogP contribution in [0.3, 0.4) is 0 Å². The molecule has 0 saturated carbocycles. The molecule has 1 aromatic rings. The van der Waals surface area contributed by atoms with Gasteiger partial charge in [-0.05, 0) is 43.7 Å². The van der Waals surface area contributed by atoms with E-state index in [0.717, 1.165) is 31.4 Å². The van der Waals surface area contributed by atoms with Gasteiger partial charge in [-0.2, -0.15) is 0 Å². The minimum Gasteiger partial charge on any atom is -0.479 e. The fourth-order valence-electron chi connectivity index (χ4n) is 3.27. The Morgan fingerprint density at radius 3 is 2.64 bits per heavy atom. The Morgan fingerprint density at radius 2 is 1.86 bits per heavy atom. The summed E-state index contributed by atoms with van der Waals surface area (Å²) in [6.45, 7) is 0.674. The molecule has 1 amide bonds. The van der Waals surface area contributed by atoms with Crippen LogP contribution in [0.15, 0.2) is 24.3 Å². The van der Waals surface area contributed by atoms with E-state index >= 15 is 0 Å². The molecule has 0 bridgehead atoms. The molecule has 2 atom stereocenters. The number of carboxylic acids is 1. The largest absolute Gasteiger partial charge is 0.479 e. The van der Waals surface area contributed by atoms with Crippen molar-refractivity contribution < 1.29 is 19.4 Å². The fourth-order valence-corrected chi connectivity index (χ4v) is 3.27. The number of rotatable bonds is 2. The molecule has 0 aromatic heterocycles. The molecule has 0 radical (unpaired) electrons. The first-order valence-corrected chi connectivity index (χ1v) is 7.94. The third-order valence-corrected chi connectivity index (χ3v) is 4.45. The van der Waals surface area contributed by atoms with Crippen LogP contribution in [-0.2, 0) is 20.7 Å². The standard InChI is InChI=1S/C17H21NO4/c19-16(14-9-10-15(22-14)17(20)21)18-11-5-1-2-6-12-7-3-4-8-13(12)18/h3-4,7-8,14-15H,1-2,5-6,9-11H2,(H,20,21)/t14-,15+/m0/s1. The van der Waals surface area contributed by atoms with Gasteiger partial charge in [-0.15, -0.1) is 0 Å². The van der Waals surface area contributed by atoms with Crippen molar-refractivity contribution in [3.05, 3.63) is 29.8 Å². The molecule has 2 aliphatic rings. The highest BCUT2D eigenvalue weighted by Crippen LogP contribution is 2.29. The van der Waals surface area contributed by atoms with Gasteiger partial charge in [0.1, 0.15) is 6.10 Å². The summed E-state index contributed by atoms with van der Waals surface area (Å²) in [5.41, 5.74) is 2.14. The lowest BCUT2D eigenvalue weighted by molar-refractivity contribution is -0.151. The zero-order valence-electron chi connectivity index (χ0n) is 12.5. The van der Waals surface area contributed by atoms with Gasteiger partial charge in [0.15, 0.2) is 6.10 Å². The van der Waals surface area contributed by atoms with Crippen LogP contribution in [-0.4, -0.2) is 35.7 Å². The van der Waals surface area contributed by atoms with Crippen LogP contribution in [0.25, 0.3) is 0 Å². The number of aliphatic carboxylic acids is 1. The SMILES string of the molecule is O=C(O)[C@H]1CC[C@@H](C(=O)N2CCCCCc3ccccc32)O1. The molecule has 1 aromatic carbocycles. The van der Waals surface area contributed by atoms with Crippen LogP contribution < -0.4 is 4.90 Å². The minimum atomic E-state index is -0.983. The molecule has 1 fully saturated rings. The highest BCUT2D eigenvalue weighted by molar-refractivity contribution is 5.97. The number of aryl methyl sites for hydroxylation is 1. The Morgan fingerprint density at radius 1 is 1.09 bits per heavy atom. The van der Waals surface area contributed by atoms with Gasteiger partial charge < -0.3 is 14.7 Å². The van der Waals surface area contributed by atoms with Crippen LogP contribution in [0.2, 0.25) is 0 Å². The molecular formula is C17H21NO4. The van der Waals surface area contributed by atoms with Crippen molar-refractivity contribution in [3.63, 3.8) is 0 Å². The first kappa shape index (κ1) is 15.0. The molecule has 1 N–H and O–H groups in total. The van der Waals surface area contributed by atoms with Crippen LogP contribution in [0.1, 0.15) is 37.7 Å². The normalized spacial score (nSPS) is 25.2. The Balaban J connectivity index is 1.81. The number of para-hydroxylation sites is 1. The first-order chi connectivity index (χ1) is 10.7. The third-order valence-electron chi connectivity index (χ3n) is 4.45. The average Bonchev–Trinajstić information content (AvgIpc) is 2.98. The molecule has 22 heavy (non-hydrogen) atoms. The molecule has 5 heteroatoms. The summed E-state index contributed by atoms with van der Waals surface area (Å²) in [4.78, 5) is 25.6. The summed E-state index contributed by atoms with van der Waals surface area (Å²) < 4.78 is 5.43. The third kappa shape index (κ3) is 2.99. The topological polar surface area (TPSA) is 66.8 Å². The minimum absolute atomic E-state index is 0.0990. The van der Waals surface area contributed by atoms with Crippen LogP contribution in [0.5, 0.6) is 0 Å². The Labute approximate surface area is 129 Å². The second-order valence-corrected chi connectivity index (χ2v) is 5.96. The molecule has 2 heterocycles. The Bertz CT molecular complexity index is 572. The van der Waals surface area contributed by atoms with E-state index in [1.54, 1.807) is 4.90 Å². The lowest BCUT2D eigenvalue weighted by Crippen LogP contribution is -2.41. The maximum absolute atomic E-state index is 12.8. The number of carbonyl (C=O) groups excluding carboxylic acids is 1. The number of benzene rings is 1. The molecule has 118 valence electrons. The van der Waals surface area contributed by atoms with Crippen molar-refractivity contribution in [2.75, 3.05) is 11.4 Å². The second-order valence-electron chi connectivity index (χ2n) is 5.96. The summed E-state index contributed by atoms with van der Waals surface area (Å²) in [7, 11) is 0. The van der Waals surface area contributed by atoms with Gasteiger partial charge >= 0.3 is 5.97 Å². The molecule has 0 aliphatic carbocycles. The monoisotopic (exact) mass is 303 g/mol. The maximum Gasteiger partial charge on any atom is 0.332 e. The van der Waals surface area contributed by atoms with Gasteiger partial charge in [-0.3, -0.25) is 4.79 Å². The Kier molecular flexibility index (Phi) is 4.43. The lowest BCUT2D eigenvalue weighted by Gasteiger charge is -2.29. The van der Waals surface area contributed by atoms with Gasteiger partial charge in [0.05, 0.1) is 0 Å². The first-order valence-electron chi connectivity index (χ1n) is 7.94. The van der Waals surface area contributed by atoms with Gasteiger partial charge in [-0.1, -0.05) is 24.6 Å². The molecule has 1 saturated heterocycles. The highest BCUT2D eigenvalue weighted by atomic mass is 16.5. The van der Waals surface area contributed by atoms with Crippen molar-refractivity contribution in [2.45, 2.75) is 50.7 Å². The number of carboxylic acid groups (broad SMARTS) is 1. The number of fused-ring (bicyclic) bond motifs is 1. The number of carbonyl (C=O) groups is 2. The van der Waals surface area contributed by atoms with Crippen molar-refractivity contribution in [1.29, 1.82) is 0 Å². The van der Waals surface area contributed by atoms with Crippen molar-refractivity contribution in [1.82, 2.24) is 0 Å². The van der Waals surface area contributed by atoms with E-state index in [-0.39, 0.29) is 5.91 Å². The zero-order chi connectivity index (χ0) is 15.5. The predicted molar refractivity (Wildman–Crippen MR) is 81.9 cm³/mol. The van der Waals surface area contributed by atoms with Crippen molar-refractivity contribution in [3.8, 4) is 0 Å². The van der Waals surface area contributed by atoms with E-state index in [0.29, 0.717) is 19.4 Å². The second kappa shape index (κ2) is 6.48. The highest BCUT2D eigenvalue weighted by Gasteiger charge is 2.37. The van der Waals surface area contributed by atoms with Crippen LogP contribution >= 0.6 is 0 Å². The lowest BCUT2D eigenvalue weighted by atomic mass is 10.0. The number of hydrogen-bond acceptors (Lipinski definition) is 3. The van der Waals surface area contributed by atoms with E-state index in [2.05, 4.69) is 6.07 Å². The number of nitrogens with zero attached hydrogens (tertiary/aromatic N) is 1. The number of amides is 1. The molecule has 0 spiro atoms. The average molecular weight is 303 g/mol. The molecule has 3 rings (SSSR count). The number of ether oxygens (including phenoxy) is 1.